The molecule has 0 aliphatic carbocycles. The van der Waals surface area contributed by atoms with Crippen LogP contribution in [0.4, 0.5) is 5.82 Å². The lowest BCUT2D eigenvalue weighted by Crippen LogP contribution is -2.32. The van der Waals surface area contributed by atoms with Gasteiger partial charge < -0.3 is 9.64 Å². The van der Waals surface area contributed by atoms with Crippen molar-refractivity contribution in [2.75, 3.05) is 31.1 Å². The average Bonchev–Trinajstić information content (AvgIpc) is 2.28. The number of anilines is 1. The van der Waals surface area contributed by atoms with E-state index in [1.807, 2.05) is 11.9 Å². The summed E-state index contributed by atoms with van der Waals surface area (Å²) in [7, 11) is 3.54. The number of hydrogen-bond acceptors (Lipinski definition) is 5. The van der Waals surface area contributed by atoms with Crippen LogP contribution in [0.5, 0.6) is 5.75 Å². The van der Waals surface area contributed by atoms with Gasteiger partial charge in [-0.3, -0.25) is 0 Å². The second-order valence-corrected chi connectivity index (χ2v) is 4.71. The highest BCUT2D eigenvalue weighted by Crippen LogP contribution is 2.31. The van der Waals surface area contributed by atoms with E-state index in [1.165, 1.54) is 6.33 Å². The molecule has 0 aliphatic rings. The fourth-order valence-corrected chi connectivity index (χ4v) is 2.24. The molecule has 0 saturated heterocycles. The quantitative estimate of drug-likeness (QED) is 0.761. The molecule has 1 unspecified atom stereocenters. The van der Waals surface area contributed by atoms with Gasteiger partial charge in [-0.2, -0.15) is 11.8 Å². The van der Waals surface area contributed by atoms with Gasteiger partial charge in [0.25, 0.3) is 0 Å². The van der Waals surface area contributed by atoms with Crippen molar-refractivity contribution in [1.82, 2.24) is 9.97 Å². The second-order valence-electron chi connectivity index (χ2n) is 3.44. The Hall–Kier alpha value is -0.680. The summed E-state index contributed by atoms with van der Waals surface area (Å²) in [5.41, 5.74) is 0. The van der Waals surface area contributed by atoms with Crippen LogP contribution in [0.25, 0.3) is 0 Å². The standard InChI is InChI=1S/C10H16ClN3OS/c1-7(5-16-4)14(2)10-8(15-3)9(11)12-6-13-10/h6-7H,5H2,1-4H3. The molecular formula is C10H16ClN3OS. The summed E-state index contributed by atoms with van der Waals surface area (Å²) < 4.78 is 5.22. The predicted molar refractivity (Wildman–Crippen MR) is 69.8 cm³/mol. The number of thioether (sulfide) groups is 1. The van der Waals surface area contributed by atoms with Crippen LogP contribution in [0.15, 0.2) is 6.33 Å². The van der Waals surface area contributed by atoms with Gasteiger partial charge in [0.15, 0.2) is 16.7 Å². The minimum Gasteiger partial charge on any atom is -0.490 e. The molecule has 0 radical (unpaired) electrons. The van der Waals surface area contributed by atoms with Crippen LogP contribution in [0.2, 0.25) is 5.15 Å². The molecule has 16 heavy (non-hydrogen) atoms. The van der Waals surface area contributed by atoms with Gasteiger partial charge in [0.2, 0.25) is 0 Å². The van der Waals surface area contributed by atoms with Crippen molar-refractivity contribution in [3.8, 4) is 5.75 Å². The number of ether oxygens (including phenoxy) is 1. The molecular weight excluding hydrogens is 246 g/mol. The van der Waals surface area contributed by atoms with Crippen LogP contribution in [0.1, 0.15) is 6.92 Å². The minimum absolute atomic E-state index is 0.343. The number of halogens is 1. The van der Waals surface area contributed by atoms with E-state index in [9.17, 15) is 0 Å². The lowest BCUT2D eigenvalue weighted by atomic mass is 10.3. The molecule has 1 rings (SSSR count). The highest BCUT2D eigenvalue weighted by atomic mass is 35.5. The van der Waals surface area contributed by atoms with Crippen molar-refractivity contribution in [2.24, 2.45) is 0 Å². The first kappa shape index (κ1) is 13.4. The molecule has 0 aromatic carbocycles. The van der Waals surface area contributed by atoms with E-state index in [0.29, 0.717) is 16.9 Å². The van der Waals surface area contributed by atoms with Gasteiger partial charge in [-0.15, -0.1) is 0 Å². The van der Waals surface area contributed by atoms with E-state index in [4.69, 9.17) is 16.3 Å². The summed E-state index contributed by atoms with van der Waals surface area (Å²) in [5, 5.41) is 0.343. The Morgan fingerprint density at radius 3 is 2.81 bits per heavy atom. The third kappa shape index (κ3) is 2.92. The Morgan fingerprint density at radius 1 is 1.56 bits per heavy atom. The SMILES string of the molecule is COc1c(Cl)ncnc1N(C)C(C)CSC. The lowest BCUT2D eigenvalue weighted by molar-refractivity contribution is 0.410. The van der Waals surface area contributed by atoms with Crippen LogP contribution in [0.3, 0.4) is 0 Å². The fourth-order valence-electron chi connectivity index (χ4n) is 1.33. The predicted octanol–water partition coefficient (Wildman–Crippen LogP) is 2.33. The molecule has 0 bridgehead atoms. The zero-order chi connectivity index (χ0) is 12.1. The van der Waals surface area contributed by atoms with Crippen LogP contribution < -0.4 is 9.64 Å². The number of aromatic nitrogens is 2. The number of nitrogens with zero attached hydrogens (tertiary/aromatic N) is 3. The largest absolute Gasteiger partial charge is 0.490 e. The van der Waals surface area contributed by atoms with Crippen LogP contribution in [-0.2, 0) is 0 Å². The van der Waals surface area contributed by atoms with E-state index in [0.717, 1.165) is 11.6 Å². The Kier molecular flexibility index (Phi) is 5.15. The highest BCUT2D eigenvalue weighted by Gasteiger charge is 2.18. The third-order valence-corrected chi connectivity index (χ3v) is 3.43. The number of methoxy groups -OCH3 is 1. The molecule has 90 valence electrons. The van der Waals surface area contributed by atoms with Crippen LogP contribution in [0, 0.1) is 0 Å². The maximum Gasteiger partial charge on any atom is 0.199 e. The topological polar surface area (TPSA) is 38.3 Å². The van der Waals surface area contributed by atoms with E-state index in [-0.39, 0.29) is 0 Å². The van der Waals surface area contributed by atoms with Crippen LogP contribution >= 0.6 is 23.4 Å². The van der Waals surface area contributed by atoms with Gasteiger partial charge in [0.1, 0.15) is 6.33 Å². The fraction of sp³-hybridized carbons (Fsp3) is 0.600. The Bertz CT molecular complexity index is 351. The number of hydrogen-bond donors (Lipinski definition) is 0. The molecule has 1 atom stereocenters. The normalized spacial score (nSPS) is 12.3. The van der Waals surface area contributed by atoms with Crippen molar-refractivity contribution >= 4 is 29.2 Å². The van der Waals surface area contributed by atoms with E-state index in [1.54, 1.807) is 18.9 Å². The summed E-state index contributed by atoms with van der Waals surface area (Å²) in [6.07, 6.45) is 3.52. The Morgan fingerprint density at radius 2 is 2.25 bits per heavy atom. The lowest BCUT2D eigenvalue weighted by Gasteiger charge is -2.26. The first-order valence-electron chi connectivity index (χ1n) is 4.88. The summed E-state index contributed by atoms with van der Waals surface area (Å²) >= 11 is 7.74. The summed E-state index contributed by atoms with van der Waals surface area (Å²) in [5.74, 6) is 2.27. The molecule has 1 aromatic rings. The zero-order valence-electron chi connectivity index (χ0n) is 9.90. The zero-order valence-corrected chi connectivity index (χ0v) is 11.5. The van der Waals surface area contributed by atoms with Crippen molar-refractivity contribution in [2.45, 2.75) is 13.0 Å². The van der Waals surface area contributed by atoms with Crippen LogP contribution in [-0.4, -0.2) is 42.2 Å². The molecule has 0 amide bonds. The first-order chi connectivity index (χ1) is 7.61. The van der Waals surface area contributed by atoms with Gasteiger partial charge in [0, 0.05) is 18.8 Å². The highest BCUT2D eigenvalue weighted by molar-refractivity contribution is 7.98. The molecule has 0 fully saturated rings. The molecule has 6 heteroatoms. The van der Waals surface area contributed by atoms with Crippen molar-refractivity contribution in [1.29, 1.82) is 0 Å². The first-order valence-corrected chi connectivity index (χ1v) is 6.65. The minimum atomic E-state index is 0.343. The summed E-state index contributed by atoms with van der Waals surface area (Å²) in [6.45, 7) is 2.13. The van der Waals surface area contributed by atoms with Gasteiger partial charge in [-0.25, -0.2) is 9.97 Å². The maximum absolute atomic E-state index is 5.95. The van der Waals surface area contributed by atoms with E-state index in [2.05, 4.69) is 23.1 Å². The van der Waals surface area contributed by atoms with Crippen molar-refractivity contribution in [3.63, 3.8) is 0 Å². The molecule has 0 spiro atoms. The molecule has 4 nitrogen and oxygen atoms in total. The Labute approximate surface area is 105 Å². The van der Waals surface area contributed by atoms with Crippen molar-refractivity contribution in [3.05, 3.63) is 11.5 Å². The van der Waals surface area contributed by atoms with Gasteiger partial charge >= 0.3 is 0 Å². The summed E-state index contributed by atoms with van der Waals surface area (Å²) in [6, 6.07) is 0.356. The average molecular weight is 262 g/mol. The van der Waals surface area contributed by atoms with Crippen molar-refractivity contribution < 1.29 is 4.74 Å². The number of rotatable bonds is 5. The molecule has 1 aromatic heterocycles. The monoisotopic (exact) mass is 261 g/mol. The van der Waals surface area contributed by atoms with Gasteiger partial charge in [-0.1, -0.05) is 11.6 Å². The molecule has 0 N–H and O–H groups in total. The molecule has 0 saturated carbocycles. The molecule has 1 heterocycles. The maximum atomic E-state index is 5.95. The smallest absolute Gasteiger partial charge is 0.199 e. The van der Waals surface area contributed by atoms with Gasteiger partial charge in [-0.05, 0) is 13.2 Å². The molecule has 0 aliphatic heterocycles. The third-order valence-electron chi connectivity index (χ3n) is 2.35. The summed E-state index contributed by atoms with van der Waals surface area (Å²) in [4.78, 5) is 10.2. The second kappa shape index (κ2) is 6.15. The van der Waals surface area contributed by atoms with E-state index < -0.39 is 0 Å². The van der Waals surface area contributed by atoms with Gasteiger partial charge in [0.05, 0.1) is 7.11 Å². The Balaban J connectivity index is 2.98. The van der Waals surface area contributed by atoms with E-state index >= 15 is 0 Å².